The van der Waals surface area contributed by atoms with Crippen molar-refractivity contribution >= 4 is 40.7 Å². The highest BCUT2D eigenvalue weighted by Crippen LogP contribution is 2.27. The molecule has 0 saturated heterocycles. The molecule has 4 nitrogen and oxygen atoms in total. The van der Waals surface area contributed by atoms with Gasteiger partial charge in [0.15, 0.2) is 0 Å². The summed E-state index contributed by atoms with van der Waals surface area (Å²) in [6, 6.07) is 4.95. The Morgan fingerprint density at radius 1 is 1.19 bits per heavy atom. The summed E-state index contributed by atoms with van der Waals surface area (Å²) in [5.41, 5.74) is 0.335. The fourth-order valence-corrected chi connectivity index (χ4v) is 2.11. The third kappa shape index (κ3) is 5.94. The molecule has 6 heteroatoms. The van der Waals surface area contributed by atoms with E-state index in [-0.39, 0.29) is 30.3 Å². The molecule has 0 aliphatic carbocycles. The standard InChI is InChI=1S/C15H20Cl2N2O2/c1-10(20)19(8-7-14(21)18-15(2,3)4)11-5-6-12(16)13(17)9-11/h5-6,9H,7-8H2,1-4H3,(H,18,21). The Morgan fingerprint density at radius 2 is 1.81 bits per heavy atom. The third-order valence-electron chi connectivity index (χ3n) is 2.67. The first-order chi connectivity index (χ1) is 9.60. The number of carbonyl (C=O) groups excluding carboxylic acids is 2. The van der Waals surface area contributed by atoms with Gasteiger partial charge in [-0.15, -0.1) is 0 Å². The van der Waals surface area contributed by atoms with Crippen LogP contribution in [0, 0.1) is 0 Å². The summed E-state index contributed by atoms with van der Waals surface area (Å²) in [6.07, 6.45) is 0.219. The van der Waals surface area contributed by atoms with Crippen molar-refractivity contribution in [1.29, 1.82) is 0 Å². The summed E-state index contributed by atoms with van der Waals surface area (Å²) in [4.78, 5) is 25.1. The van der Waals surface area contributed by atoms with Gasteiger partial charge in [-0.25, -0.2) is 0 Å². The van der Waals surface area contributed by atoms with Crippen molar-refractivity contribution in [2.24, 2.45) is 0 Å². The van der Waals surface area contributed by atoms with Gasteiger partial charge in [0.25, 0.3) is 0 Å². The Morgan fingerprint density at radius 3 is 2.29 bits per heavy atom. The second-order valence-corrected chi connectivity index (χ2v) is 6.63. The van der Waals surface area contributed by atoms with Crippen LogP contribution in [0.25, 0.3) is 0 Å². The maximum Gasteiger partial charge on any atom is 0.223 e. The monoisotopic (exact) mass is 330 g/mol. The van der Waals surface area contributed by atoms with E-state index in [2.05, 4.69) is 5.32 Å². The fourth-order valence-electron chi connectivity index (χ4n) is 1.82. The first kappa shape index (κ1) is 17.8. The first-order valence-corrected chi connectivity index (χ1v) is 7.40. The number of benzene rings is 1. The summed E-state index contributed by atoms with van der Waals surface area (Å²) < 4.78 is 0. The highest BCUT2D eigenvalue weighted by molar-refractivity contribution is 6.42. The topological polar surface area (TPSA) is 49.4 Å². The molecular formula is C15H20Cl2N2O2. The maximum absolute atomic E-state index is 11.8. The highest BCUT2D eigenvalue weighted by Gasteiger charge is 2.17. The molecule has 0 heterocycles. The fraction of sp³-hybridized carbons (Fsp3) is 0.467. The number of rotatable bonds is 4. The van der Waals surface area contributed by atoms with Gasteiger partial charge < -0.3 is 10.2 Å². The third-order valence-corrected chi connectivity index (χ3v) is 3.41. The molecule has 116 valence electrons. The number of halogens is 2. The molecule has 1 rings (SSSR count). The van der Waals surface area contributed by atoms with Gasteiger partial charge in [0.1, 0.15) is 0 Å². The van der Waals surface area contributed by atoms with Crippen LogP contribution >= 0.6 is 23.2 Å². The Kier molecular flexibility index (Phi) is 6.05. The Labute approximate surface area is 135 Å². The smallest absolute Gasteiger partial charge is 0.223 e. The summed E-state index contributed by atoms with van der Waals surface area (Å²) >= 11 is 11.8. The van der Waals surface area contributed by atoms with Crippen LogP contribution in [0.3, 0.4) is 0 Å². The molecule has 0 bridgehead atoms. The van der Waals surface area contributed by atoms with Crippen molar-refractivity contribution in [3.05, 3.63) is 28.2 Å². The highest BCUT2D eigenvalue weighted by atomic mass is 35.5. The second kappa shape index (κ2) is 7.14. The Balaban J connectivity index is 2.77. The normalized spacial score (nSPS) is 11.1. The van der Waals surface area contributed by atoms with Gasteiger partial charge in [-0.05, 0) is 39.0 Å². The minimum absolute atomic E-state index is 0.103. The van der Waals surface area contributed by atoms with E-state index >= 15 is 0 Å². The molecule has 1 aromatic rings. The molecule has 0 aromatic heterocycles. The molecule has 2 amide bonds. The lowest BCUT2D eigenvalue weighted by Gasteiger charge is -2.24. The van der Waals surface area contributed by atoms with Crippen LogP contribution in [0.4, 0.5) is 5.69 Å². The number of hydrogen-bond donors (Lipinski definition) is 1. The lowest BCUT2D eigenvalue weighted by molar-refractivity contribution is -0.122. The van der Waals surface area contributed by atoms with E-state index in [0.717, 1.165) is 0 Å². The minimum Gasteiger partial charge on any atom is -0.351 e. The summed E-state index contributed by atoms with van der Waals surface area (Å²) in [6.45, 7) is 7.46. The van der Waals surface area contributed by atoms with Gasteiger partial charge in [-0.1, -0.05) is 23.2 Å². The van der Waals surface area contributed by atoms with E-state index in [1.165, 1.54) is 11.8 Å². The van der Waals surface area contributed by atoms with Gasteiger partial charge in [0.2, 0.25) is 11.8 Å². The SMILES string of the molecule is CC(=O)N(CCC(=O)NC(C)(C)C)c1ccc(Cl)c(Cl)c1. The first-order valence-electron chi connectivity index (χ1n) is 6.64. The van der Waals surface area contributed by atoms with Crippen molar-refractivity contribution in [2.75, 3.05) is 11.4 Å². The summed E-state index contributed by atoms with van der Waals surface area (Å²) in [5.74, 6) is -0.259. The van der Waals surface area contributed by atoms with Gasteiger partial charge in [-0.2, -0.15) is 0 Å². The maximum atomic E-state index is 11.8. The van der Waals surface area contributed by atoms with Crippen molar-refractivity contribution in [2.45, 2.75) is 39.7 Å². The average molecular weight is 331 g/mol. The van der Waals surface area contributed by atoms with Crippen LogP contribution in [0.2, 0.25) is 10.0 Å². The van der Waals surface area contributed by atoms with Gasteiger partial charge in [0.05, 0.1) is 10.0 Å². The minimum atomic E-state index is -0.290. The number of nitrogens with zero attached hydrogens (tertiary/aromatic N) is 1. The van der Waals surface area contributed by atoms with Gasteiger partial charge >= 0.3 is 0 Å². The Bertz CT molecular complexity index is 539. The van der Waals surface area contributed by atoms with Crippen molar-refractivity contribution in [1.82, 2.24) is 5.32 Å². The summed E-state index contributed by atoms with van der Waals surface area (Å²) in [7, 11) is 0. The molecule has 0 spiro atoms. The molecule has 0 saturated carbocycles. The number of nitrogens with one attached hydrogen (secondary N) is 1. The van der Waals surface area contributed by atoms with E-state index in [0.29, 0.717) is 15.7 Å². The van der Waals surface area contributed by atoms with Crippen molar-refractivity contribution < 1.29 is 9.59 Å². The van der Waals surface area contributed by atoms with Crippen LogP contribution in [0.1, 0.15) is 34.1 Å². The predicted molar refractivity (Wildman–Crippen MR) is 87.0 cm³/mol. The molecule has 21 heavy (non-hydrogen) atoms. The van der Waals surface area contributed by atoms with Crippen molar-refractivity contribution in [3.8, 4) is 0 Å². The molecule has 0 radical (unpaired) electrons. The quantitative estimate of drug-likeness (QED) is 0.915. The molecule has 0 atom stereocenters. The van der Waals surface area contributed by atoms with Crippen LogP contribution in [0.5, 0.6) is 0 Å². The van der Waals surface area contributed by atoms with Crippen LogP contribution < -0.4 is 10.2 Å². The zero-order chi connectivity index (χ0) is 16.2. The Hall–Kier alpha value is -1.26. The van der Waals surface area contributed by atoms with Crippen LogP contribution in [0.15, 0.2) is 18.2 Å². The largest absolute Gasteiger partial charge is 0.351 e. The molecule has 1 aromatic carbocycles. The molecule has 0 aliphatic heterocycles. The number of carbonyl (C=O) groups is 2. The van der Waals surface area contributed by atoms with Gasteiger partial charge in [-0.3, -0.25) is 9.59 Å². The zero-order valence-electron chi connectivity index (χ0n) is 12.7. The average Bonchev–Trinajstić information content (AvgIpc) is 2.31. The number of amides is 2. The second-order valence-electron chi connectivity index (χ2n) is 5.82. The van der Waals surface area contributed by atoms with Crippen LogP contribution in [-0.4, -0.2) is 23.9 Å². The number of hydrogen-bond acceptors (Lipinski definition) is 2. The van der Waals surface area contributed by atoms with E-state index in [9.17, 15) is 9.59 Å². The lowest BCUT2D eigenvalue weighted by Crippen LogP contribution is -2.42. The van der Waals surface area contributed by atoms with E-state index in [1.54, 1.807) is 18.2 Å². The molecule has 0 unspecified atom stereocenters. The molecule has 0 aliphatic rings. The predicted octanol–water partition coefficient (Wildman–Crippen LogP) is 3.65. The molecular weight excluding hydrogens is 311 g/mol. The molecule has 1 N–H and O–H groups in total. The van der Waals surface area contributed by atoms with E-state index in [4.69, 9.17) is 23.2 Å². The van der Waals surface area contributed by atoms with Crippen LogP contribution in [-0.2, 0) is 9.59 Å². The lowest BCUT2D eigenvalue weighted by atomic mass is 10.1. The van der Waals surface area contributed by atoms with E-state index < -0.39 is 0 Å². The van der Waals surface area contributed by atoms with Gasteiger partial charge in [0, 0.05) is 31.1 Å². The van der Waals surface area contributed by atoms with E-state index in [1.807, 2.05) is 20.8 Å². The summed E-state index contributed by atoms with van der Waals surface area (Å²) in [5, 5.41) is 3.66. The number of anilines is 1. The van der Waals surface area contributed by atoms with Crippen molar-refractivity contribution in [3.63, 3.8) is 0 Å². The zero-order valence-corrected chi connectivity index (χ0v) is 14.2. The molecule has 0 fully saturated rings.